The van der Waals surface area contributed by atoms with Crippen LogP contribution in [0.25, 0.3) is 0 Å². The van der Waals surface area contributed by atoms with E-state index in [9.17, 15) is 14.7 Å². The van der Waals surface area contributed by atoms with Crippen LogP contribution in [0.15, 0.2) is 0 Å². The number of ether oxygens (including phenoxy) is 1. The minimum Gasteiger partial charge on any atom is -0.480 e. The fourth-order valence-electron chi connectivity index (χ4n) is 2.88. The molecule has 20 heavy (non-hydrogen) atoms. The summed E-state index contributed by atoms with van der Waals surface area (Å²) in [5.41, 5.74) is -1.08. The summed E-state index contributed by atoms with van der Waals surface area (Å²) in [6.07, 6.45) is 6.22. The minimum atomic E-state index is -1.08. The van der Waals surface area contributed by atoms with E-state index in [1.165, 1.54) is 12.8 Å². The fraction of sp³-hybridized carbons (Fsp3) is 0.867. The molecule has 0 heterocycles. The summed E-state index contributed by atoms with van der Waals surface area (Å²) < 4.78 is 5.32. The molecule has 0 atom stereocenters. The molecule has 2 aliphatic rings. The van der Waals surface area contributed by atoms with Gasteiger partial charge in [-0.15, -0.1) is 0 Å². The maximum atomic E-state index is 11.9. The van der Waals surface area contributed by atoms with Crippen LogP contribution in [-0.4, -0.2) is 35.7 Å². The van der Waals surface area contributed by atoms with Gasteiger partial charge in [-0.2, -0.15) is 0 Å². The number of carbonyl (C=O) groups is 2. The molecule has 0 aliphatic heterocycles. The maximum absolute atomic E-state index is 11.9. The van der Waals surface area contributed by atoms with Crippen LogP contribution in [0.4, 0.5) is 0 Å². The third kappa shape index (κ3) is 3.95. The van der Waals surface area contributed by atoms with Gasteiger partial charge < -0.3 is 15.2 Å². The summed E-state index contributed by atoms with van der Waals surface area (Å²) in [6, 6.07) is 0. The molecule has 0 saturated heterocycles. The molecule has 0 bridgehead atoms. The van der Waals surface area contributed by atoms with Crippen LogP contribution in [0.1, 0.15) is 51.9 Å². The Kier molecular flexibility index (Phi) is 5.02. The second-order valence-corrected chi connectivity index (χ2v) is 6.25. The van der Waals surface area contributed by atoms with E-state index in [-0.39, 0.29) is 12.5 Å². The lowest BCUT2D eigenvalue weighted by Crippen LogP contribution is -2.57. The summed E-state index contributed by atoms with van der Waals surface area (Å²) in [6.45, 7) is 2.72. The van der Waals surface area contributed by atoms with Gasteiger partial charge in [-0.25, -0.2) is 4.79 Å². The third-order valence-electron chi connectivity index (χ3n) is 4.61. The van der Waals surface area contributed by atoms with E-state index in [4.69, 9.17) is 4.74 Å². The first-order valence-corrected chi connectivity index (χ1v) is 7.68. The molecule has 2 saturated carbocycles. The molecule has 2 rings (SSSR count). The lowest BCUT2D eigenvalue weighted by Gasteiger charge is -2.37. The van der Waals surface area contributed by atoms with Gasteiger partial charge in [-0.3, -0.25) is 4.79 Å². The zero-order valence-corrected chi connectivity index (χ0v) is 12.2. The van der Waals surface area contributed by atoms with Gasteiger partial charge in [0.15, 0.2) is 0 Å². The van der Waals surface area contributed by atoms with Crippen molar-refractivity contribution < 1.29 is 19.4 Å². The molecule has 0 aromatic rings. The SMILES string of the molecule is CCC1CCC(NC(=O)COCC2CC2)(C(=O)O)CC1. The average Bonchev–Trinajstić information content (AvgIpc) is 3.23. The molecule has 5 heteroatoms. The Hall–Kier alpha value is -1.10. The predicted octanol–water partition coefficient (Wildman–Crippen LogP) is 1.95. The normalized spacial score (nSPS) is 29.9. The van der Waals surface area contributed by atoms with E-state index in [0.29, 0.717) is 31.3 Å². The van der Waals surface area contributed by atoms with Crippen molar-refractivity contribution in [2.75, 3.05) is 13.2 Å². The van der Waals surface area contributed by atoms with E-state index < -0.39 is 11.5 Å². The summed E-state index contributed by atoms with van der Waals surface area (Å²) in [7, 11) is 0. The quantitative estimate of drug-likeness (QED) is 0.749. The van der Waals surface area contributed by atoms with Crippen LogP contribution in [-0.2, 0) is 14.3 Å². The first-order valence-electron chi connectivity index (χ1n) is 7.68. The van der Waals surface area contributed by atoms with E-state index >= 15 is 0 Å². The lowest BCUT2D eigenvalue weighted by molar-refractivity contribution is -0.150. The molecule has 1 amide bonds. The van der Waals surface area contributed by atoms with Gasteiger partial charge in [-0.1, -0.05) is 13.3 Å². The molecule has 0 aromatic carbocycles. The van der Waals surface area contributed by atoms with Gasteiger partial charge >= 0.3 is 5.97 Å². The number of carboxylic acid groups (broad SMARTS) is 1. The Bertz CT molecular complexity index is 357. The molecule has 2 N–H and O–H groups in total. The minimum absolute atomic E-state index is 0.0251. The van der Waals surface area contributed by atoms with Crippen molar-refractivity contribution in [3.63, 3.8) is 0 Å². The molecular weight excluding hydrogens is 258 g/mol. The Morgan fingerprint density at radius 3 is 2.35 bits per heavy atom. The van der Waals surface area contributed by atoms with Crippen LogP contribution in [0.2, 0.25) is 0 Å². The zero-order chi connectivity index (χ0) is 14.6. The number of hydrogen-bond acceptors (Lipinski definition) is 3. The molecule has 114 valence electrons. The molecule has 0 aromatic heterocycles. The van der Waals surface area contributed by atoms with Gasteiger partial charge in [-0.05, 0) is 50.4 Å². The molecule has 5 nitrogen and oxygen atoms in total. The second kappa shape index (κ2) is 6.57. The van der Waals surface area contributed by atoms with Crippen molar-refractivity contribution >= 4 is 11.9 Å². The summed E-state index contributed by atoms with van der Waals surface area (Å²) in [5, 5.41) is 12.2. The summed E-state index contributed by atoms with van der Waals surface area (Å²) in [4.78, 5) is 23.4. The third-order valence-corrected chi connectivity index (χ3v) is 4.61. The highest BCUT2D eigenvalue weighted by molar-refractivity contribution is 5.87. The highest BCUT2D eigenvalue weighted by atomic mass is 16.5. The van der Waals surface area contributed by atoms with Gasteiger partial charge in [0, 0.05) is 0 Å². The Morgan fingerprint density at radius 1 is 1.20 bits per heavy atom. The van der Waals surface area contributed by atoms with E-state index in [1.807, 2.05) is 0 Å². The molecule has 2 aliphatic carbocycles. The van der Waals surface area contributed by atoms with Crippen LogP contribution >= 0.6 is 0 Å². The standard InChI is InChI=1S/C15H25NO4/c1-2-11-5-7-15(8-6-11,14(18)19)16-13(17)10-20-9-12-3-4-12/h11-12H,2-10H2,1H3,(H,16,17)(H,18,19). The number of hydrogen-bond donors (Lipinski definition) is 2. The topological polar surface area (TPSA) is 75.6 Å². The van der Waals surface area contributed by atoms with Gasteiger partial charge in [0.25, 0.3) is 0 Å². The first-order chi connectivity index (χ1) is 9.55. The van der Waals surface area contributed by atoms with E-state index in [2.05, 4.69) is 12.2 Å². The maximum Gasteiger partial charge on any atom is 0.329 e. The summed E-state index contributed by atoms with van der Waals surface area (Å²) >= 11 is 0. The number of nitrogens with one attached hydrogen (secondary N) is 1. The smallest absolute Gasteiger partial charge is 0.329 e. The first kappa shape index (κ1) is 15.3. The van der Waals surface area contributed by atoms with Crippen molar-refractivity contribution in [1.29, 1.82) is 0 Å². The number of amides is 1. The Balaban J connectivity index is 1.81. The second-order valence-electron chi connectivity index (χ2n) is 6.25. The van der Waals surface area contributed by atoms with Crippen LogP contribution < -0.4 is 5.32 Å². The number of carboxylic acids is 1. The monoisotopic (exact) mass is 283 g/mol. The van der Waals surface area contributed by atoms with Crippen LogP contribution in [0.5, 0.6) is 0 Å². The number of carbonyl (C=O) groups excluding carboxylic acids is 1. The van der Waals surface area contributed by atoms with Crippen molar-refractivity contribution in [1.82, 2.24) is 5.32 Å². The van der Waals surface area contributed by atoms with Gasteiger partial charge in [0.1, 0.15) is 12.1 Å². The highest BCUT2D eigenvalue weighted by Gasteiger charge is 2.42. The van der Waals surface area contributed by atoms with Crippen LogP contribution in [0.3, 0.4) is 0 Å². The Morgan fingerprint density at radius 2 is 1.85 bits per heavy atom. The van der Waals surface area contributed by atoms with Gasteiger partial charge in [0.05, 0.1) is 6.61 Å². The lowest BCUT2D eigenvalue weighted by atomic mass is 9.75. The van der Waals surface area contributed by atoms with Gasteiger partial charge in [0.2, 0.25) is 5.91 Å². The number of aliphatic carboxylic acids is 1. The van der Waals surface area contributed by atoms with E-state index in [1.54, 1.807) is 0 Å². The molecule has 2 fully saturated rings. The van der Waals surface area contributed by atoms with Crippen molar-refractivity contribution in [2.45, 2.75) is 57.4 Å². The van der Waals surface area contributed by atoms with Crippen LogP contribution in [0, 0.1) is 11.8 Å². The largest absolute Gasteiger partial charge is 0.480 e. The van der Waals surface area contributed by atoms with Crippen molar-refractivity contribution in [3.05, 3.63) is 0 Å². The predicted molar refractivity (Wildman–Crippen MR) is 74.3 cm³/mol. The Labute approximate surface area is 120 Å². The van der Waals surface area contributed by atoms with Crippen molar-refractivity contribution in [2.24, 2.45) is 11.8 Å². The summed E-state index contributed by atoms with van der Waals surface area (Å²) in [5.74, 6) is -0.0210. The molecule has 0 spiro atoms. The highest BCUT2D eigenvalue weighted by Crippen LogP contribution is 2.34. The average molecular weight is 283 g/mol. The molecule has 0 unspecified atom stereocenters. The zero-order valence-electron chi connectivity index (χ0n) is 12.2. The molecular formula is C15H25NO4. The van der Waals surface area contributed by atoms with Crippen molar-refractivity contribution in [3.8, 4) is 0 Å². The number of rotatable bonds is 7. The van der Waals surface area contributed by atoms with E-state index in [0.717, 1.165) is 19.3 Å². The molecule has 0 radical (unpaired) electrons. The fourth-order valence-corrected chi connectivity index (χ4v) is 2.88.